The van der Waals surface area contributed by atoms with Crippen molar-refractivity contribution in [3.8, 4) is 5.75 Å². The van der Waals surface area contributed by atoms with Crippen LogP contribution in [-0.2, 0) is 19.4 Å². The molecule has 0 radical (unpaired) electrons. The Morgan fingerprint density at radius 1 is 1.22 bits per heavy atom. The molecule has 2 aromatic rings. The highest BCUT2D eigenvalue weighted by Crippen LogP contribution is 2.25. The molecule has 2 heterocycles. The van der Waals surface area contributed by atoms with E-state index in [1.165, 1.54) is 11.1 Å². The number of furan rings is 1. The Labute approximate surface area is 107 Å². The fourth-order valence-corrected chi connectivity index (χ4v) is 2.25. The van der Waals surface area contributed by atoms with Crippen molar-refractivity contribution in [1.82, 2.24) is 5.32 Å². The van der Waals surface area contributed by atoms with Crippen LogP contribution in [0.25, 0.3) is 0 Å². The SMILES string of the molecule is c1coc(CNCCc2ccc3c(c2)CCO3)c1. The van der Waals surface area contributed by atoms with E-state index in [0.29, 0.717) is 0 Å². The van der Waals surface area contributed by atoms with Crippen LogP contribution in [0.1, 0.15) is 16.9 Å². The van der Waals surface area contributed by atoms with Crippen molar-refractivity contribution in [2.75, 3.05) is 13.2 Å². The molecule has 0 unspecified atom stereocenters. The molecule has 0 atom stereocenters. The van der Waals surface area contributed by atoms with Crippen molar-refractivity contribution in [2.24, 2.45) is 0 Å². The lowest BCUT2D eigenvalue weighted by atomic mass is 10.1. The predicted molar refractivity (Wildman–Crippen MR) is 69.8 cm³/mol. The molecule has 1 aromatic carbocycles. The van der Waals surface area contributed by atoms with Crippen LogP contribution < -0.4 is 10.1 Å². The average molecular weight is 243 g/mol. The molecule has 0 spiro atoms. The lowest BCUT2D eigenvalue weighted by molar-refractivity contribution is 0.357. The normalized spacial score (nSPS) is 13.3. The predicted octanol–water partition coefficient (Wildman–Crippen LogP) is 2.55. The zero-order valence-electron chi connectivity index (χ0n) is 10.3. The standard InChI is InChI=1S/C15H17NO2/c1-2-14(17-8-1)11-16-7-5-12-3-4-15-13(10-12)6-9-18-15/h1-4,8,10,16H,5-7,9,11H2. The van der Waals surface area contributed by atoms with Crippen molar-refractivity contribution in [3.05, 3.63) is 53.5 Å². The maximum absolute atomic E-state index is 5.50. The summed E-state index contributed by atoms with van der Waals surface area (Å²) >= 11 is 0. The molecule has 0 bridgehead atoms. The molecule has 0 saturated carbocycles. The summed E-state index contributed by atoms with van der Waals surface area (Å²) in [5.74, 6) is 2.04. The molecule has 94 valence electrons. The van der Waals surface area contributed by atoms with E-state index in [-0.39, 0.29) is 0 Å². The van der Waals surface area contributed by atoms with Gasteiger partial charge < -0.3 is 14.5 Å². The lowest BCUT2D eigenvalue weighted by Crippen LogP contribution is -2.16. The molecule has 0 amide bonds. The quantitative estimate of drug-likeness (QED) is 0.819. The van der Waals surface area contributed by atoms with E-state index in [2.05, 4.69) is 23.5 Å². The molecule has 1 aliphatic rings. The molecule has 0 fully saturated rings. The topological polar surface area (TPSA) is 34.4 Å². The minimum atomic E-state index is 0.793. The zero-order chi connectivity index (χ0) is 12.2. The fraction of sp³-hybridized carbons (Fsp3) is 0.333. The van der Waals surface area contributed by atoms with Crippen LogP contribution in [0, 0.1) is 0 Å². The summed E-state index contributed by atoms with van der Waals surface area (Å²) in [5.41, 5.74) is 2.71. The van der Waals surface area contributed by atoms with Crippen LogP contribution in [0.15, 0.2) is 41.0 Å². The minimum Gasteiger partial charge on any atom is -0.493 e. The van der Waals surface area contributed by atoms with Gasteiger partial charge in [0.05, 0.1) is 19.4 Å². The van der Waals surface area contributed by atoms with Gasteiger partial charge in [0.25, 0.3) is 0 Å². The van der Waals surface area contributed by atoms with Gasteiger partial charge in [-0.2, -0.15) is 0 Å². The van der Waals surface area contributed by atoms with Crippen LogP contribution in [0.5, 0.6) is 5.75 Å². The number of hydrogen-bond acceptors (Lipinski definition) is 3. The number of hydrogen-bond donors (Lipinski definition) is 1. The molecule has 0 saturated heterocycles. The average Bonchev–Trinajstić information content (AvgIpc) is 3.05. The first kappa shape index (κ1) is 11.4. The highest BCUT2D eigenvalue weighted by Gasteiger charge is 2.11. The Bertz CT molecular complexity index is 505. The smallest absolute Gasteiger partial charge is 0.122 e. The van der Waals surface area contributed by atoms with E-state index in [1.807, 2.05) is 12.1 Å². The first-order valence-corrected chi connectivity index (χ1v) is 6.39. The molecule has 18 heavy (non-hydrogen) atoms. The monoisotopic (exact) mass is 243 g/mol. The number of nitrogens with one attached hydrogen (secondary N) is 1. The van der Waals surface area contributed by atoms with Crippen molar-refractivity contribution in [1.29, 1.82) is 0 Å². The van der Waals surface area contributed by atoms with E-state index in [9.17, 15) is 0 Å². The van der Waals surface area contributed by atoms with Crippen molar-refractivity contribution in [3.63, 3.8) is 0 Å². The highest BCUT2D eigenvalue weighted by molar-refractivity contribution is 5.39. The minimum absolute atomic E-state index is 0.793. The van der Waals surface area contributed by atoms with Crippen molar-refractivity contribution in [2.45, 2.75) is 19.4 Å². The molecule has 3 nitrogen and oxygen atoms in total. The van der Waals surface area contributed by atoms with Gasteiger partial charge in [0.15, 0.2) is 0 Å². The van der Waals surface area contributed by atoms with E-state index in [4.69, 9.17) is 9.15 Å². The second-order valence-corrected chi connectivity index (χ2v) is 4.55. The van der Waals surface area contributed by atoms with Gasteiger partial charge in [-0.25, -0.2) is 0 Å². The van der Waals surface area contributed by atoms with Gasteiger partial charge in [0, 0.05) is 6.42 Å². The number of benzene rings is 1. The Balaban J connectivity index is 1.48. The molecule has 3 rings (SSSR count). The van der Waals surface area contributed by atoms with Gasteiger partial charge >= 0.3 is 0 Å². The summed E-state index contributed by atoms with van der Waals surface area (Å²) in [4.78, 5) is 0. The van der Waals surface area contributed by atoms with Crippen LogP contribution in [-0.4, -0.2) is 13.2 Å². The van der Waals surface area contributed by atoms with Crippen molar-refractivity contribution < 1.29 is 9.15 Å². The van der Waals surface area contributed by atoms with Gasteiger partial charge in [-0.3, -0.25) is 0 Å². The van der Waals surface area contributed by atoms with Gasteiger partial charge in [0.2, 0.25) is 0 Å². The molecular formula is C15H17NO2. The fourth-order valence-electron chi connectivity index (χ4n) is 2.25. The molecule has 1 aromatic heterocycles. The zero-order valence-corrected chi connectivity index (χ0v) is 10.3. The van der Waals surface area contributed by atoms with Gasteiger partial charge in [-0.15, -0.1) is 0 Å². The summed E-state index contributed by atoms with van der Waals surface area (Å²) in [6.07, 6.45) is 3.79. The first-order chi connectivity index (χ1) is 8.92. The van der Waals surface area contributed by atoms with E-state index in [1.54, 1.807) is 6.26 Å². The third-order valence-electron chi connectivity index (χ3n) is 3.22. The van der Waals surface area contributed by atoms with E-state index >= 15 is 0 Å². The van der Waals surface area contributed by atoms with E-state index in [0.717, 1.165) is 44.0 Å². The molecule has 0 aliphatic carbocycles. The number of rotatable bonds is 5. The van der Waals surface area contributed by atoms with Crippen LogP contribution in [0.4, 0.5) is 0 Å². The Morgan fingerprint density at radius 3 is 3.11 bits per heavy atom. The summed E-state index contributed by atoms with van der Waals surface area (Å²) in [6.45, 7) is 2.58. The second-order valence-electron chi connectivity index (χ2n) is 4.55. The molecular weight excluding hydrogens is 226 g/mol. The van der Waals surface area contributed by atoms with Crippen LogP contribution >= 0.6 is 0 Å². The second kappa shape index (κ2) is 5.27. The lowest BCUT2D eigenvalue weighted by Gasteiger charge is -2.05. The maximum Gasteiger partial charge on any atom is 0.122 e. The summed E-state index contributed by atoms with van der Waals surface area (Å²) in [6, 6.07) is 10.4. The Kier molecular flexibility index (Phi) is 3.33. The molecule has 3 heteroatoms. The van der Waals surface area contributed by atoms with E-state index < -0.39 is 0 Å². The maximum atomic E-state index is 5.50. The third-order valence-corrected chi connectivity index (χ3v) is 3.22. The van der Waals surface area contributed by atoms with Crippen molar-refractivity contribution >= 4 is 0 Å². The highest BCUT2D eigenvalue weighted by atomic mass is 16.5. The van der Waals surface area contributed by atoms with Gasteiger partial charge in [0.1, 0.15) is 11.5 Å². The van der Waals surface area contributed by atoms with Gasteiger partial charge in [-0.1, -0.05) is 12.1 Å². The molecule has 1 N–H and O–H groups in total. The Morgan fingerprint density at radius 2 is 2.22 bits per heavy atom. The molecule has 1 aliphatic heterocycles. The summed E-state index contributed by atoms with van der Waals surface area (Å²) in [5, 5.41) is 3.38. The summed E-state index contributed by atoms with van der Waals surface area (Å²) < 4.78 is 10.8. The van der Waals surface area contributed by atoms with Gasteiger partial charge in [-0.05, 0) is 42.3 Å². The number of fused-ring (bicyclic) bond motifs is 1. The van der Waals surface area contributed by atoms with Crippen LogP contribution in [0.3, 0.4) is 0 Å². The summed E-state index contributed by atoms with van der Waals surface area (Å²) in [7, 11) is 0. The largest absolute Gasteiger partial charge is 0.493 e. The first-order valence-electron chi connectivity index (χ1n) is 6.39. The van der Waals surface area contributed by atoms with Crippen LogP contribution in [0.2, 0.25) is 0 Å². The number of ether oxygens (including phenoxy) is 1. The Hall–Kier alpha value is -1.74. The third kappa shape index (κ3) is 2.57.